The lowest BCUT2D eigenvalue weighted by molar-refractivity contribution is 0.256. The van der Waals surface area contributed by atoms with E-state index in [-0.39, 0.29) is 11.4 Å². The van der Waals surface area contributed by atoms with Crippen LogP contribution < -0.4 is 10.2 Å². The Labute approximate surface area is 147 Å². The largest absolute Gasteiger partial charge is 0.328 e. The van der Waals surface area contributed by atoms with Gasteiger partial charge in [-0.1, -0.05) is 15.9 Å². The van der Waals surface area contributed by atoms with Gasteiger partial charge in [-0.15, -0.1) is 11.3 Å². The van der Waals surface area contributed by atoms with E-state index in [0.29, 0.717) is 5.13 Å². The number of carbonyl (C=O) groups is 1. The number of urea groups is 1. The van der Waals surface area contributed by atoms with Crippen molar-refractivity contribution in [2.45, 2.75) is 11.8 Å². The number of aromatic nitrogens is 1. The molecule has 0 bridgehead atoms. The average Bonchev–Trinajstić information content (AvgIpc) is 3.21. The number of likely N-dealkylation sites (N-methyl/N-ethyl adjacent to an activating group) is 1. The summed E-state index contributed by atoms with van der Waals surface area (Å²) >= 11 is 5.01. The van der Waals surface area contributed by atoms with Gasteiger partial charge in [-0.05, 0) is 43.8 Å². The van der Waals surface area contributed by atoms with E-state index in [1.54, 1.807) is 6.20 Å². The van der Waals surface area contributed by atoms with Crippen LogP contribution in [0.4, 0.5) is 15.6 Å². The maximum absolute atomic E-state index is 12.7. The van der Waals surface area contributed by atoms with Gasteiger partial charge < -0.3 is 4.90 Å². The van der Waals surface area contributed by atoms with E-state index >= 15 is 0 Å². The highest BCUT2D eigenvalue weighted by atomic mass is 79.9. The van der Waals surface area contributed by atoms with Gasteiger partial charge in [0, 0.05) is 40.2 Å². The van der Waals surface area contributed by atoms with Crippen LogP contribution in [0.15, 0.2) is 34.2 Å². The van der Waals surface area contributed by atoms with E-state index in [9.17, 15) is 4.79 Å². The van der Waals surface area contributed by atoms with Crippen molar-refractivity contribution in [2.24, 2.45) is 0 Å². The summed E-state index contributed by atoms with van der Waals surface area (Å²) in [5, 5.41) is 5.40. The fourth-order valence-corrected chi connectivity index (χ4v) is 4.57. The summed E-state index contributed by atoms with van der Waals surface area (Å²) in [6.07, 6.45) is 2.77. The van der Waals surface area contributed by atoms with E-state index < -0.39 is 0 Å². The van der Waals surface area contributed by atoms with Crippen LogP contribution in [0.2, 0.25) is 0 Å². The Morgan fingerprint density at radius 3 is 3.00 bits per heavy atom. The lowest BCUT2D eigenvalue weighted by Gasteiger charge is -2.25. The van der Waals surface area contributed by atoms with Crippen molar-refractivity contribution in [3.63, 3.8) is 0 Å². The van der Waals surface area contributed by atoms with Crippen molar-refractivity contribution < 1.29 is 4.79 Å². The summed E-state index contributed by atoms with van der Waals surface area (Å²) in [7, 11) is 2.14. The first-order valence-corrected chi connectivity index (χ1v) is 9.21. The van der Waals surface area contributed by atoms with Crippen LogP contribution in [-0.4, -0.2) is 42.6 Å². The third-order valence-electron chi connectivity index (χ3n) is 4.72. The molecule has 7 heteroatoms. The van der Waals surface area contributed by atoms with Gasteiger partial charge in [-0.2, -0.15) is 0 Å². The molecule has 2 aliphatic rings. The van der Waals surface area contributed by atoms with Gasteiger partial charge in [0.25, 0.3) is 0 Å². The minimum absolute atomic E-state index is 0.0358. The molecule has 0 aliphatic carbocycles. The molecule has 0 radical (unpaired) electrons. The van der Waals surface area contributed by atoms with Gasteiger partial charge in [0.1, 0.15) is 0 Å². The molecule has 2 amide bonds. The highest BCUT2D eigenvalue weighted by Crippen LogP contribution is 2.47. The average molecular weight is 393 g/mol. The molecule has 1 saturated heterocycles. The number of amides is 2. The summed E-state index contributed by atoms with van der Waals surface area (Å²) in [6.45, 7) is 2.77. The van der Waals surface area contributed by atoms with Crippen LogP contribution in [0.5, 0.6) is 0 Å². The van der Waals surface area contributed by atoms with Crippen LogP contribution in [0.3, 0.4) is 0 Å². The first-order chi connectivity index (χ1) is 11.1. The Hall–Kier alpha value is -1.44. The zero-order valence-electron chi connectivity index (χ0n) is 12.8. The molecule has 0 saturated carbocycles. The molecule has 1 aromatic carbocycles. The first-order valence-electron chi connectivity index (χ1n) is 7.54. The molecule has 120 valence electrons. The van der Waals surface area contributed by atoms with Crippen molar-refractivity contribution in [1.82, 2.24) is 9.88 Å². The smallest absolute Gasteiger partial charge is 0.305 e. The molecule has 5 nitrogen and oxygen atoms in total. The second-order valence-electron chi connectivity index (χ2n) is 6.28. The number of nitrogens with one attached hydrogen (secondary N) is 1. The minimum atomic E-state index is -0.102. The van der Waals surface area contributed by atoms with Crippen molar-refractivity contribution in [3.8, 4) is 0 Å². The predicted molar refractivity (Wildman–Crippen MR) is 96.4 cm³/mol. The van der Waals surface area contributed by atoms with E-state index in [2.05, 4.69) is 44.2 Å². The van der Waals surface area contributed by atoms with Crippen molar-refractivity contribution in [2.75, 3.05) is 36.9 Å². The lowest BCUT2D eigenvalue weighted by Crippen LogP contribution is -2.40. The SMILES string of the molecule is CN1CC[C@@]2(C1)CN(C(=O)Nc1nccs1)c1ccc(Br)cc12. The number of thiazole rings is 1. The number of halogens is 1. The standard InChI is InChI=1S/C16H17BrN4OS/c1-20-6-4-16(9-20)10-21(13-3-2-11(17)8-12(13)16)15(22)19-14-18-5-7-23-14/h2-3,5,7-8H,4,6,9-10H2,1H3,(H,18,19,22)/t16-/m1/s1. The number of fused-ring (bicyclic) bond motifs is 2. The molecular formula is C16H17BrN4OS. The molecule has 1 spiro atoms. The van der Waals surface area contributed by atoms with Gasteiger partial charge in [0.2, 0.25) is 0 Å². The number of hydrogen-bond acceptors (Lipinski definition) is 4. The molecule has 23 heavy (non-hydrogen) atoms. The molecule has 1 atom stereocenters. The predicted octanol–water partition coefficient (Wildman–Crippen LogP) is 3.53. The molecule has 2 aliphatic heterocycles. The fraction of sp³-hybridized carbons (Fsp3) is 0.375. The quantitative estimate of drug-likeness (QED) is 0.807. The molecule has 1 aromatic heterocycles. The third kappa shape index (κ3) is 2.56. The van der Waals surface area contributed by atoms with Crippen LogP contribution in [0, 0.1) is 0 Å². The zero-order chi connectivity index (χ0) is 16.0. The molecule has 3 heterocycles. The molecule has 1 N–H and O–H groups in total. The summed E-state index contributed by atoms with van der Waals surface area (Å²) < 4.78 is 1.06. The number of benzene rings is 1. The third-order valence-corrected chi connectivity index (χ3v) is 5.90. The van der Waals surface area contributed by atoms with Crippen molar-refractivity contribution in [3.05, 3.63) is 39.8 Å². The van der Waals surface area contributed by atoms with E-state index in [1.807, 2.05) is 22.4 Å². The van der Waals surface area contributed by atoms with Crippen molar-refractivity contribution in [1.29, 1.82) is 0 Å². The summed E-state index contributed by atoms with van der Waals surface area (Å²) in [4.78, 5) is 21.1. The molecule has 4 rings (SSSR count). The number of rotatable bonds is 1. The Kier molecular flexibility index (Phi) is 3.66. The fourth-order valence-electron chi connectivity index (χ4n) is 3.70. The van der Waals surface area contributed by atoms with Gasteiger partial charge in [-0.3, -0.25) is 10.2 Å². The van der Waals surface area contributed by atoms with Crippen LogP contribution in [0.25, 0.3) is 0 Å². The van der Waals surface area contributed by atoms with Gasteiger partial charge >= 0.3 is 6.03 Å². The van der Waals surface area contributed by atoms with Gasteiger partial charge in [0.05, 0.1) is 0 Å². The summed E-state index contributed by atoms with van der Waals surface area (Å²) in [5.74, 6) is 0. The molecule has 2 aromatic rings. The van der Waals surface area contributed by atoms with Crippen LogP contribution >= 0.6 is 27.3 Å². The Balaban J connectivity index is 1.69. The molecule has 0 unspecified atom stereocenters. The van der Waals surface area contributed by atoms with E-state index in [4.69, 9.17) is 0 Å². The Bertz CT molecular complexity index is 751. The second-order valence-corrected chi connectivity index (χ2v) is 8.09. The molecular weight excluding hydrogens is 376 g/mol. The summed E-state index contributed by atoms with van der Waals surface area (Å²) in [5.41, 5.74) is 2.32. The summed E-state index contributed by atoms with van der Waals surface area (Å²) in [6, 6.07) is 6.11. The second kappa shape index (κ2) is 5.58. The Morgan fingerprint density at radius 2 is 2.30 bits per heavy atom. The monoisotopic (exact) mass is 392 g/mol. The number of hydrogen-bond donors (Lipinski definition) is 1. The molecule has 1 fully saturated rings. The Morgan fingerprint density at radius 1 is 1.43 bits per heavy atom. The normalized spacial score (nSPS) is 23.5. The van der Waals surface area contributed by atoms with Gasteiger partial charge in [0.15, 0.2) is 5.13 Å². The topological polar surface area (TPSA) is 48.5 Å². The van der Waals surface area contributed by atoms with E-state index in [0.717, 1.165) is 36.2 Å². The highest BCUT2D eigenvalue weighted by Gasteiger charge is 2.48. The van der Waals surface area contributed by atoms with Crippen molar-refractivity contribution >= 4 is 44.1 Å². The number of anilines is 2. The maximum atomic E-state index is 12.7. The van der Waals surface area contributed by atoms with Crippen LogP contribution in [-0.2, 0) is 5.41 Å². The highest BCUT2D eigenvalue weighted by molar-refractivity contribution is 9.10. The zero-order valence-corrected chi connectivity index (χ0v) is 15.2. The van der Waals surface area contributed by atoms with E-state index in [1.165, 1.54) is 16.9 Å². The number of likely N-dealkylation sites (tertiary alicyclic amines) is 1. The number of carbonyl (C=O) groups excluding carboxylic acids is 1. The lowest BCUT2D eigenvalue weighted by atomic mass is 9.82. The first kappa shape index (κ1) is 15.1. The minimum Gasteiger partial charge on any atom is -0.305 e. The van der Waals surface area contributed by atoms with Crippen LogP contribution in [0.1, 0.15) is 12.0 Å². The maximum Gasteiger partial charge on any atom is 0.328 e. The number of nitrogens with zero attached hydrogens (tertiary/aromatic N) is 3. The van der Waals surface area contributed by atoms with Gasteiger partial charge in [-0.25, -0.2) is 9.78 Å².